The van der Waals surface area contributed by atoms with E-state index in [1.807, 2.05) is 20.8 Å². The fraction of sp³-hybridized carbons (Fsp3) is 0.259. The van der Waals surface area contributed by atoms with E-state index >= 15 is 0 Å². The summed E-state index contributed by atoms with van der Waals surface area (Å²) in [5.74, 6) is -2.19. The van der Waals surface area contributed by atoms with Crippen LogP contribution in [-0.2, 0) is 15.4 Å². The van der Waals surface area contributed by atoms with Crippen LogP contribution in [0.25, 0.3) is 11.6 Å². The van der Waals surface area contributed by atoms with Crippen LogP contribution >= 0.6 is 0 Å². The molecule has 0 aliphatic rings. The molecule has 0 aliphatic carbocycles. The van der Waals surface area contributed by atoms with Gasteiger partial charge in [-0.2, -0.15) is 4.98 Å². The third-order valence-corrected chi connectivity index (χ3v) is 6.69. The van der Waals surface area contributed by atoms with Gasteiger partial charge in [-0.05, 0) is 41.3 Å². The van der Waals surface area contributed by atoms with Crippen LogP contribution in [0.3, 0.4) is 0 Å². The second kappa shape index (κ2) is 13.4. The predicted molar refractivity (Wildman–Crippen MR) is 142 cm³/mol. The van der Waals surface area contributed by atoms with Gasteiger partial charge in [0.25, 0.3) is 15.9 Å². The molecule has 2 heterocycles. The Hall–Kier alpha value is -3.29. The number of nitrogens with zero attached hydrogens (tertiary/aromatic N) is 4. The Kier molecular flexibility index (Phi) is 8.58. The summed E-state index contributed by atoms with van der Waals surface area (Å²) in [5, 5.41) is 12.0. The van der Waals surface area contributed by atoms with E-state index < -0.39 is 40.6 Å². The Balaban J connectivity index is 0.00000529. The predicted octanol–water partition coefficient (Wildman–Crippen LogP) is 0.576. The van der Waals surface area contributed by atoms with Crippen molar-refractivity contribution < 1.29 is 62.8 Å². The number of hydrogen-bond donors (Lipinski definition) is 1. The van der Waals surface area contributed by atoms with Gasteiger partial charge < -0.3 is 19.3 Å². The Labute approximate surface area is 261 Å². The molecule has 0 spiro atoms. The molecule has 204 valence electrons. The van der Waals surface area contributed by atoms with E-state index in [9.17, 15) is 13.5 Å². The van der Waals surface area contributed by atoms with Gasteiger partial charge >= 0.3 is 29.6 Å². The van der Waals surface area contributed by atoms with Crippen molar-refractivity contribution in [2.24, 2.45) is 0 Å². The molecule has 11 nitrogen and oxygen atoms in total. The van der Waals surface area contributed by atoms with Gasteiger partial charge in [-0.15, -0.1) is 6.56 Å². The molecule has 1 N–H and O–H groups in total. The standard InChI is InChI=1S/C27H28N5O6S.Na/c1-27(2,3)18-10-12-19(13-11-18)39(34,35)32-23-22(38-21-9-6-5-8-20(21)36-4)26(37-17-16-33)31-25(30-23)24-28-14-7-15-29-24;/h5-15H,16-17H2,1-4H3,(H,30,31,32);/q-1;+1/i16+1D2,17+1D2;. The van der Waals surface area contributed by atoms with Crippen LogP contribution in [0.4, 0.5) is 5.82 Å². The molecule has 0 fully saturated rings. The van der Waals surface area contributed by atoms with Crippen molar-refractivity contribution in [2.75, 3.05) is 24.9 Å². The number of para-hydroxylation sites is 2. The molecule has 0 saturated carbocycles. The summed E-state index contributed by atoms with van der Waals surface area (Å²) in [6.07, 6.45) is 2.73. The zero-order valence-electron chi connectivity index (χ0n) is 26.5. The molecule has 0 atom stereocenters. The van der Waals surface area contributed by atoms with Gasteiger partial charge in [0.05, 0.1) is 21.3 Å². The van der Waals surface area contributed by atoms with E-state index in [1.54, 1.807) is 30.3 Å². The third-order valence-electron chi connectivity index (χ3n) is 5.33. The van der Waals surface area contributed by atoms with Crippen LogP contribution in [-0.4, -0.2) is 48.6 Å². The average molecular weight is 580 g/mol. The Morgan fingerprint density at radius 3 is 2.20 bits per heavy atom. The molecule has 2 aromatic heterocycles. The summed E-state index contributed by atoms with van der Waals surface area (Å²) < 4.78 is 76.6. The van der Waals surface area contributed by atoms with Crippen molar-refractivity contribution in [1.29, 1.82) is 0 Å². The van der Waals surface area contributed by atoms with Crippen LogP contribution in [0, 0.1) is 0 Å². The first kappa shape index (κ1) is 25.7. The molecular formula is C27H28N5NaO6S. The molecule has 0 radical (unpaired) electrons. The molecule has 4 rings (SSSR count). The van der Waals surface area contributed by atoms with Crippen molar-refractivity contribution >= 4 is 15.8 Å². The second-order valence-electron chi connectivity index (χ2n) is 9.04. The number of hydrogen-bond acceptors (Lipinski definition) is 10. The first-order valence-electron chi connectivity index (χ1n) is 13.5. The van der Waals surface area contributed by atoms with E-state index in [1.165, 1.54) is 43.8 Å². The smallest absolute Gasteiger partial charge is 0.852 e. The molecule has 2 aromatic carbocycles. The van der Waals surface area contributed by atoms with Crippen molar-refractivity contribution in [3.05, 3.63) is 72.6 Å². The topological polar surface area (TPSA) is 148 Å². The molecule has 0 saturated heterocycles. The normalized spacial score (nSPS) is 13.5. The largest absolute Gasteiger partial charge is 1.00 e. The monoisotopic (exact) mass is 579 g/mol. The molecule has 13 heteroatoms. The minimum Gasteiger partial charge on any atom is -0.852 e. The molecular weight excluding hydrogens is 547 g/mol. The van der Waals surface area contributed by atoms with Crippen molar-refractivity contribution in [2.45, 2.75) is 31.1 Å². The number of ether oxygens (including phenoxy) is 3. The Morgan fingerprint density at radius 2 is 1.60 bits per heavy atom. The first-order valence-corrected chi connectivity index (χ1v) is 13.0. The number of rotatable bonds is 10. The SMILES string of the molecule is [2H][13C]([2H])([O-])[13C]([2H])([2H])Oc1nc(-c2ncccn2)nc(NS(=O)(=O)c2ccc(C(C)(C)C)cc2)c1Oc1ccccc1OC.[Na+]. The van der Waals surface area contributed by atoms with Gasteiger partial charge in [-0.3, -0.25) is 4.72 Å². The fourth-order valence-corrected chi connectivity index (χ4v) is 4.38. The average Bonchev–Trinajstić information content (AvgIpc) is 2.94. The number of benzene rings is 2. The summed E-state index contributed by atoms with van der Waals surface area (Å²) in [7, 11) is -3.01. The maximum absolute atomic E-state index is 13.6. The van der Waals surface area contributed by atoms with Gasteiger partial charge in [0, 0.05) is 15.1 Å². The zero-order chi connectivity index (χ0) is 31.6. The van der Waals surface area contributed by atoms with Crippen molar-refractivity contribution in [3.63, 3.8) is 0 Å². The van der Waals surface area contributed by atoms with Crippen LogP contribution in [0.15, 0.2) is 71.9 Å². The van der Waals surface area contributed by atoms with E-state index in [0.29, 0.717) is 0 Å². The zero-order valence-corrected chi connectivity index (χ0v) is 25.3. The number of aromatic nitrogens is 4. The van der Waals surface area contributed by atoms with Crippen molar-refractivity contribution in [1.82, 2.24) is 19.9 Å². The van der Waals surface area contributed by atoms with Gasteiger partial charge in [0.15, 0.2) is 23.1 Å². The molecule has 0 unspecified atom stereocenters. The number of methoxy groups -OCH3 is 1. The summed E-state index contributed by atoms with van der Waals surface area (Å²) >= 11 is 0. The Bertz CT molecular complexity index is 1710. The molecule has 0 amide bonds. The van der Waals surface area contributed by atoms with E-state index in [0.717, 1.165) is 5.56 Å². The Morgan fingerprint density at radius 1 is 0.950 bits per heavy atom. The minimum absolute atomic E-state index is 0. The van der Waals surface area contributed by atoms with E-state index in [2.05, 4.69) is 24.7 Å². The van der Waals surface area contributed by atoms with Crippen LogP contribution < -0.4 is 53.6 Å². The van der Waals surface area contributed by atoms with Crippen molar-refractivity contribution in [3.8, 4) is 34.8 Å². The summed E-state index contributed by atoms with van der Waals surface area (Å²) in [6, 6.07) is 13.9. The fourth-order valence-electron chi connectivity index (χ4n) is 3.38. The second-order valence-corrected chi connectivity index (χ2v) is 10.7. The molecule has 0 aliphatic heterocycles. The quantitative estimate of drug-likeness (QED) is 0.209. The summed E-state index contributed by atoms with van der Waals surface area (Å²) in [5.41, 5.74) is 0.655. The number of anilines is 1. The van der Waals surface area contributed by atoms with Gasteiger partial charge in [-0.1, -0.05) is 45.0 Å². The summed E-state index contributed by atoms with van der Waals surface area (Å²) in [4.78, 5) is 16.3. The first-order chi connectivity index (χ1) is 20.0. The maximum atomic E-state index is 13.6. The van der Waals surface area contributed by atoms with Crippen LogP contribution in [0.1, 0.15) is 31.8 Å². The van der Waals surface area contributed by atoms with Crippen LogP contribution in [0.2, 0.25) is 0 Å². The van der Waals surface area contributed by atoms with Crippen LogP contribution in [0.5, 0.6) is 23.1 Å². The third kappa shape index (κ3) is 7.46. The van der Waals surface area contributed by atoms with E-state index in [-0.39, 0.29) is 63.0 Å². The maximum Gasteiger partial charge on any atom is 1.00 e. The van der Waals surface area contributed by atoms with Gasteiger partial charge in [-0.25, -0.2) is 23.4 Å². The number of nitrogens with one attached hydrogen (secondary N) is 1. The minimum atomic E-state index is -4.37. The summed E-state index contributed by atoms with van der Waals surface area (Å²) in [6.45, 7) is -1.33. The van der Waals surface area contributed by atoms with Gasteiger partial charge in [0.1, 0.15) is 0 Å². The molecule has 40 heavy (non-hydrogen) atoms. The van der Waals surface area contributed by atoms with Gasteiger partial charge in [0.2, 0.25) is 11.6 Å². The molecule has 0 bridgehead atoms. The molecule has 4 aromatic rings. The van der Waals surface area contributed by atoms with E-state index in [4.69, 9.17) is 19.7 Å². The number of sulfonamides is 1.